The molecule has 0 aliphatic heterocycles. The maximum absolute atomic E-state index is 11.8. The highest BCUT2D eigenvalue weighted by Crippen LogP contribution is 2.32. The van der Waals surface area contributed by atoms with Gasteiger partial charge in [0.15, 0.2) is 5.75 Å². The number of rotatable bonds is 5. The molecule has 1 aromatic carbocycles. The fourth-order valence-electron chi connectivity index (χ4n) is 1.16. The Morgan fingerprint density at radius 1 is 1.53 bits per heavy atom. The fraction of sp³-hybridized carbons (Fsp3) is 0.333. The number of nitrogens with one attached hydrogen (secondary N) is 1. The molecule has 4 N–H and O–H groups in total. The Hall–Kier alpha value is -1.02. The largest absolute Gasteiger partial charge is 0.504 e. The molecule has 0 aliphatic carbocycles. The van der Waals surface area contributed by atoms with Crippen LogP contribution in [0.1, 0.15) is 0 Å². The van der Waals surface area contributed by atoms with Gasteiger partial charge in [-0.05, 0) is 12.1 Å². The van der Waals surface area contributed by atoms with E-state index in [2.05, 4.69) is 4.72 Å². The number of aromatic hydroxyl groups is 1. The van der Waals surface area contributed by atoms with Crippen molar-refractivity contribution >= 4 is 27.3 Å². The molecular formula is C9H13ClN2O4S. The lowest BCUT2D eigenvalue weighted by atomic mass is 10.3. The number of nitrogen functional groups attached to an aromatic ring is 1. The first kappa shape index (κ1) is 14.0. The Kier molecular flexibility index (Phi) is 4.58. The first-order valence-electron chi connectivity index (χ1n) is 4.65. The van der Waals surface area contributed by atoms with Crippen molar-refractivity contribution in [3.63, 3.8) is 0 Å². The van der Waals surface area contributed by atoms with Crippen molar-refractivity contribution in [2.45, 2.75) is 4.90 Å². The third kappa shape index (κ3) is 3.47. The standard InChI is InChI=1S/C9H13ClN2O4S/c1-16-3-2-12-17(14,15)8-5-6(10)4-7(11)9(8)13/h4-5,12-13H,2-3,11H2,1H3. The van der Waals surface area contributed by atoms with Crippen LogP contribution >= 0.6 is 11.6 Å². The van der Waals surface area contributed by atoms with Crippen molar-refractivity contribution in [2.75, 3.05) is 26.0 Å². The molecule has 0 spiro atoms. The molecule has 0 radical (unpaired) electrons. The number of phenolic OH excluding ortho intramolecular Hbond substituents is 1. The van der Waals surface area contributed by atoms with E-state index in [0.29, 0.717) is 0 Å². The quantitative estimate of drug-likeness (QED) is 0.415. The molecule has 0 saturated heterocycles. The predicted molar refractivity (Wildman–Crippen MR) is 64.6 cm³/mol. The van der Waals surface area contributed by atoms with Gasteiger partial charge in [0.2, 0.25) is 10.0 Å². The van der Waals surface area contributed by atoms with Crippen molar-refractivity contribution in [3.05, 3.63) is 17.2 Å². The molecule has 0 aliphatic rings. The number of hydrogen-bond acceptors (Lipinski definition) is 5. The summed E-state index contributed by atoms with van der Waals surface area (Å²) in [6, 6.07) is 2.40. The Morgan fingerprint density at radius 3 is 2.76 bits per heavy atom. The van der Waals surface area contributed by atoms with Gasteiger partial charge in [-0.25, -0.2) is 13.1 Å². The minimum absolute atomic E-state index is 0.0880. The number of halogens is 1. The summed E-state index contributed by atoms with van der Waals surface area (Å²) in [5.41, 5.74) is 5.33. The highest BCUT2D eigenvalue weighted by molar-refractivity contribution is 7.89. The number of ether oxygens (including phenoxy) is 1. The lowest BCUT2D eigenvalue weighted by Crippen LogP contribution is -2.27. The lowest BCUT2D eigenvalue weighted by Gasteiger charge is -2.10. The summed E-state index contributed by atoms with van der Waals surface area (Å²) in [6.07, 6.45) is 0. The Balaban J connectivity index is 3.06. The molecule has 0 aromatic heterocycles. The zero-order valence-electron chi connectivity index (χ0n) is 9.10. The first-order chi connectivity index (χ1) is 7.88. The Bertz CT molecular complexity index is 504. The molecule has 96 valence electrons. The molecule has 1 rings (SSSR count). The summed E-state index contributed by atoms with van der Waals surface area (Å²) >= 11 is 5.68. The van der Waals surface area contributed by atoms with Crippen LogP contribution in [-0.4, -0.2) is 33.8 Å². The number of sulfonamides is 1. The molecular weight excluding hydrogens is 268 g/mol. The summed E-state index contributed by atoms with van der Waals surface area (Å²) in [5, 5.41) is 9.71. The summed E-state index contributed by atoms with van der Waals surface area (Å²) in [6.45, 7) is 0.306. The van der Waals surface area contributed by atoms with Crippen LogP contribution in [0, 0.1) is 0 Å². The van der Waals surface area contributed by atoms with Gasteiger partial charge in [0.25, 0.3) is 0 Å². The average Bonchev–Trinajstić information content (AvgIpc) is 2.23. The number of methoxy groups -OCH3 is 1. The molecule has 0 saturated carbocycles. The van der Waals surface area contributed by atoms with E-state index >= 15 is 0 Å². The van der Waals surface area contributed by atoms with E-state index in [-0.39, 0.29) is 28.8 Å². The van der Waals surface area contributed by atoms with Crippen molar-refractivity contribution in [3.8, 4) is 5.75 Å². The predicted octanol–water partition coefficient (Wildman–Crippen LogP) is 0.553. The first-order valence-corrected chi connectivity index (χ1v) is 6.51. The van der Waals surface area contributed by atoms with Crippen LogP contribution in [0.25, 0.3) is 0 Å². The Labute approximate surface area is 104 Å². The number of nitrogens with two attached hydrogens (primary N) is 1. The second kappa shape index (κ2) is 5.54. The average molecular weight is 281 g/mol. The van der Waals surface area contributed by atoms with Gasteiger partial charge in [-0.15, -0.1) is 0 Å². The molecule has 1 aromatic rings. The molecule has 0 atom stereocenters. The van der Waals surface area contributed by atoms with Crippen molar-refractivity contribution < 1.29 is 18.3 Å². The van der Waals surface area contributed by atoms with Crippen LogP contribution < -0.4 is 10.5 Å². The third-order valence-corrected chi connectivity index (χ3v) is 3.65. The van der Waals surface area contributed by atoms with E-state index in [1.807, 2.05) is 0 Å². The lowest BCUT2D eigenvalue weighted by molar-refractivity contribution is 0.204. The third-order valence-electron chi connectivity index (χ3n) is 1.96. The summed E-state index contributed by atoms with van der Waals surface area (Å²) in [5.74, 6) is -0.515. The molecule has 0 heterocycles. The number of phenols is 1. The second-order valence-corrected chi connectivity index (χ2v) is 5.40. The highest BCUT2D eigenvalue weighted by atomic mass is 35.5. The van der Waals surface area contributed by atoms with Crippen molar-refractivity contribution in [1.82, 2.24) is 4.72 Å². The van der Waals surface area contributed by atoms with E-state index in [1.54, 1.807) is 0 Å². The Morgan fingerprint density at radius 2 is 2.18 bits per heavy atom. The van der Waals surface area contributed by atoms with Gasteiger partial charge >= 0.3 is 0 Å². The minimum atomic E-state index is -3.85. The zero-order chi connectivity index (χ0) is 13.1. The van der Waals surface area contributed by atoms with Gasteiger partial charge in [0.05, 0.1) is 12.3 Å². The normalized spacial score (nSPS) is 11.6. The molecule has 0 bridgehead atoms. The van der Waals surface area contributed by atoms with Gasteiger partial charge in [0.1, 0.15) is 4.90 Å². The monoisotopic (exact) mass is 280 g/mol. The number of benzene rings is 1. The minimum Gasteiger partial charge on any atom is -0.504 e. The second-order valence-electron chi connectivity index (χ2n) is 3.23. The molecule has 8 heteroatoms. The van der Waals surface area contributed by atoms with E-state index < -0.39 is 15.8 Å². The van der Waals surface area contributed by atoms with Gasteiger partial charge in [-0.2, -0.15) is 0 Å². The van der Waals surface area contributed by atoms with Crippen molar-refractivity contribution in [1.29, 1.82) is 0 Å². The van der Waals surface area contributed by atoms with Gasteiger partial charge in [-0.1, -0.05) is 11.6 Å². The smallest absolute Gasteiger partial charge is 0.244 e. The van der Waals surface area contributed by atoms with Crippen LogP contribution in [0.4, 0.5) is 5.69 Å². The fourth-order valence-corrected chi connectivity index (χ4v) is 2.61. The maximum atomic E-state index is 11.8. The van der Waals surface area contributed by atoms with Gasteiger partial charge in [0, 0.05) is 18.7 Å². The van der Waals surface area contributed by atoms with E-state index in [9.17, 15) is 13.5 Å². The topological polar surface area (TPSA) is 102 Å². The SMILES string of the molecule is COCCNS(=O)(=O)c1cc(Cl)cc(N)c1O. The van der Waals surface area contributed by atoms with Gasteiger partial charge < -0.3 is 15.6 Å². The maximum Gasteiger partial charge on any atom is 0.244 e. The molecule has 0 unspecified atom stereocenters. The highest BCUT2D eigenvalue weighted by Gasteiger charge is 2.20. The van der Waals surface area contributed by atoms with E-state index in [4.69, 9.17) is 22.1 Å². The van der Waals surface area contributed by atoms with E-state index in [1.165, 1.54) is 13.2 Å². The van der Waals surface area contributed by atoms with Crippen LogP contribution in [0.15, 0.2) is 17.0 Å². The van der Waals surface area contributed by atoms with Gasteiger partial charge in [-0.3, -0.25) is 0 Å². The summed E-state index contributed by atoms with van der Waals surface area (Å²) < 4.78 is 30.5. The molecule has 0 fully saturated rings. The summed E-state index contributed by atoms with van der Waals surface area (Å²) in [4.78, 5) is -0.349. The van der Waals surface area contributed by atoms with E-state index in [0.717, 1.165) is 6.07 Å². The van der Waals surface area contributed by atoms with Crippen LogP contribution in [0.2, 0.25) is 5.02 Å². The number of anilines is 1. The van der Waals surface area contributed by atoms with Crippen molar-refractivity contribution in [2.24, 2.45) is 0 Å². The van der Waals surface area contributed by atoms with Crippen LogP contribution in [-0.2, 0) is 14.8 Å². The van der Waals surface area contributed by atoms with Crippen LogP contribution in [0.5, 0.6) is 5.75 Å². The molecule has 17 heavy (non-hydrogen) atoms. The molecule has 0 amide bonds. The zero-order valence-corrected chi connectivity index (χ0v) is 10.7. The number of hydrogen-bond donors (Lipinski definition) is 3. The molecule has 6 nitrogen and oxygen atoms in total. The van der Waals surface area contributed by atoms with Crippen LogP contribution in [0.3, 0.4) is 0 Å². The summed E-state index contributed by atoms with van der Waals surface area (Å²) in [7, 11) is -2.41.